The number of likely N-dealkylation sites (tertiary alicyclic amines) is 1. The standard InChI is InChI=1S/C10H19N3O/c1-3-9(12-10(11)14)13-7-5-4-6-8(13)2/h3,8-9H,1,4-7H2,2H3,(H3,11,12,14). The Morgan fingerprint density at radius 2 is 2.43 bits per heavy atom. The molecule has 0 aromatic heterocycles. The molecule has 1 aliphatic heterocycles. The number of nitrogens with two attached hydrogens (primary N) is 1. The molecule has 0 spiro atoms. The second kappa shape index (κ2) is 5.00. The van der Waals surface area contributed by atoms with E-state index >= 15 is 0 Å². The highest BCUT2D eigenvalue weighted by molar-refractivity contribution is 5.72. The zero-order valence-corrected chi connectivity index (χ0v) is 8.70. The van der Waals surface area contributed by atoms with E-state index in [0.717, 1.165) is 6.54 Å². The van der Waals surface area contributed by atoms with E-state index in [-0.39, 0.29) is 6.17 Å². The number of nitrogens with zero attached hydrogens (tertiary/aromatic N) is 1. The molecule has 0 aromatic carbocycles. The molecule has 0 saturated carbocycles. The number of urea groups is 1. The normalized spacial score (nSPS) is 25.4. The van der Waals surface area contributed by atoms with Crippen molar-refractivity contribution < 1.29 is 4.79 Å². The third-order valence-corrected chi connectivity index (χ3v) is 2.73. The van der Waals surface area contributed by atoms with E-state index in [1.165, 1.54) is 19.3 Å². The summed E-state index contributed by atoms with van der Waals surface area (Å²) in [4.78, 5) is 13.0. The number of primary amides is 1. The molecule has 4 nitrogen and oxygen atoms in total. The number of piperidine rings is 1. The van der Waals surface area contributed by atoms with Crippen molar-refractivity contribution >= 4 is 6.03 Å². The van der Waals surface area contributed by atoms with Gasteiger partial charge in [0.15, 0.2) is 0 Å². The van der Waals surface area contributed by atoms with E-state index in [1.807, 2.05) is 0 Å². The summed E-state index contributed by atoms with van der Waals surface area (Å²) in [5, 5.41) is 2.68. The van der Waals surface area contributed by atoms with Gasteiger partial charge in [0.05, 0.1) is 0 Å². The SMILES string of the molecule is C=CC(NC(N)=O)N1CCCCC1C. The van der Waals surface area contributed by atoms with Gasteiger partial charge in [0.2, 0.25) is 0 Å². The minimum atomic E-state index is -0.493. The first kappa shape index (κ1) is 11.0. The van der Waals surface area contributed by atoms with Crippen LogP contribution in [0.25, 0.3) is 0 Å². The Morgan fingerprint density at radius 1 is 1.71 bits per heavy atom. The number of hydrogen-bond donors (Lipinski definition) is 2. The summed E-state index contributed by atoms with van der Waals surface area (Å²) in [5.41, 5.74) is 5.10. The fraction of sp³-hybridized carbons (Fsp3) is 0.700. The molecule has 1 rings (SSSR count). The Hall–Kier alpha value is -1.03. The van der Waals surface area contributed by atoms with Gasteiger partial charge in [-0.3, -0.25) is 4.90 Å². The van der Waals surface area contributed by atoms with Gasteiger partial charge in [0, 0.05) is 12.6 Å². The number of nitrogens with one attached hydrogen (secondary N) is 1. The topological polar surface area (TPSA) is 58.4 Å². The maximum Gasteiger partial charge on any atom is 0.313 e. The molecule has 14 heavy (non-hydrogen) atoms. The number of carbonyl (C=O) groups excluding carboxylic acids is 1. The summed E-state index contributed by atoms with van der Waals surface area (Å²) in [6.07, 6.45) is 5.22. The van der Waals surface area contributed by atoms with Crippen molar-refractivity contribution in [1.82, 2.24) is 10.2 Å². The Balaban J connectivity index is 2.57. The fourth-order valence-electron chi connectivity index (χ4n) is 1.96. The molecule has 1 heterocycles. The maximum absolute atomic E-state index is 10.8. The average molecular weight is 197 g/mol. The van der Waals surface area contributed by atoms with E-state index in [4.69, 9.17) is 5.73 Å². The van der Waals surface area contributed by atoms with Crippen LogP contribution in [-0.2, 0) is 0 Å². The van der Waals surface area contributed by atoms with Gasteiger partial charge in [-0.2, -0.15) is 0 Å². The van der Waals surface area contributed by atoms with Gasteiger partial charge in [-0.25, -0.2) is 4.79 Å². The molecule has 0 aliphatic carbocycles. The molecule has 1 fully saturated rings. The van der Waals surface area contributed by atoms with Gasteiger partial charge < -0.3 is 11.1 Å². The predicted molar refractivity (Wildman–Crippen MR) is 56.7 cm³/mol. The minimum Gasteiger partial charge on any atom is -0.352 e. The number of hydrogen-bond acceptors (Lipinski definition) is 2. The van der Waals surface area contributed by atoms with E-state index in [0.29, 0.717) is 6.04 Å². The molecule has 2 amide bonds. The highest BCUT2D eigenvalue weighted by Crippen LogP contribution is 2.18. The minimum absolute atomic E-state index is 0.122. The summed E-state index contributed by atoms with van der Waals surface area (Å²) < 4.78 is 0. The van der Waals surface area contributed by atoms with Gasteiger partial charge in [-0.05, 0) is 19.8 Å². The quantitative estimate of drug-likeness (QED) is 0.664. The van der Waals surface area contributed by atoms with Gasteiger partial charge in [-0.1, -0.05) is 19.1 Å². The Bertz CT molecular complexity index is 217. The lowest BCUT2D eigenvalue weighted by atomic mass is 10.0. The van der Waals surface area contributed by atoms with Crippen LogP contribution in [0.15, 0.2) is 12.7 Å². The number of amides is 2. The molecule has 0 aromatic rings. The molecule has 0 radical (unpaired) electrons. The molecular formula is C10H19N3O. The Morgan fingerprint density at radius 3 is 2.93 bits per heavy atom. The smallest absolute Gasteiger partial charge is 0.313 e. The van der Waals surface area contributed by atoms with Crippen LogP contribution in [0, 0.1) is 0 Å². The second-order valence-corrected chi connectivity index (χ2v) is 3.77. The molecular weight excluding hydrogens is 178 g/mol. The van der Waals surface area contributed by atoms with E-state index in [2.05, 4.69) is 23.7 Å². The third-order valence-electron chi connectivity index (χ3n) is 2.73. The number of carbonyl (C=O) groups is 1. The maximum atomic E-state index is 10.8. The summed E-state index contributed by atoms with van der Waals surface area (Å²) in [6.45, 7) is 6.87. The lowest BCUT2D eigenvalue weighted by Crippen LogP contribution is -2.53. The summed E-state index contributed by atoms with van der Waals surface area (Å²) in [6, 6.07) is -0.00808. The van der Waals surface area contributed by atoms with Crippen LogP contribution in [0.4, 0.5) is 4.79 Å². The van der Waals surface area contributed by atoms with Gasteiger partial charge in [-0.15, -0.1) is 0 Å². The summed E-state index contributed by atoms with van der Waals surface area (Å²) in [7, 11) is 0. The molecule has 2 unspecified atom stereocenters. The molecule has 3 N–H and O–H groups in total. The highest BCUT2D eigenvalue weighted by Gasteiger charge is 2.24. The van der Waals surface area contributed by atoms with E-state index < -0.39 is 6.03 Å². The van der Waals surface area contributed by atoms with Crippen LogP contribution < -0.4 is 11.1 Å². The van der Waals surface area contributed by atoms with E-state index in [1.54, 1.807) is 6.08 Å². The van der Waals surface area contributed by atoms with Crippen molar-refractivity contribution in [3.63, 3.8) is 0 Å². The van der Waals surface area contributed by atoms with Crippen molar-refractivity contribution in [2.45, 2.75) is 38.4 Å². The van der Waals surface area contributed by atoms with Crippen LogP contribution >= 0.6 is 0 Å². The summed E-state index contributed by atoms with van der Waals surface area (Å²) >= 11 is 0. The zero-order chi connectivity index (χ0) is 10.6. The lowest BCUT2D eigenvalue weighted by molar-refractivity contribution is 0.115. The first-order chi connectivity index (χ1) is 6.65. The van der Waals surface area contributed by atoms with E-state index in [9.17, 15) is 4.79 Å². The van der Waals surface area contributed by atoms with Gasteiger partial charge in [0.1, 0.15) is 6.17 Å². The first-order valence-corrected chi connectivity index (χ1v) is 5.09. The molecule has 1 aliphatic rings. The third kappa shape index (κ3) is 2.73. The van der Waals surface area contributed by atoms with Gasteiger partial charge in [0.25, 0.3) is 0 Å². The summed E-state index contributed by atoms with van der Waals surface area (Å²) in [5.74, 6) is 0. The Labute approximate surface area is 85.1 Å². The van der Waals surface area contributed by atoms with Crippen LogP contribution in [0.2, 0.25) is 0 Å². The van der Waals surface area contributed by atoms with Crippen molar-refractivity contribution in [3.8, 4) is 0 Å². The fourth-order valence-corrected chi connectivity index (χ4v) is 1.96. The van der Waals surface area contributed by atoms with Crippen LogP contribution in [0.3, 0.4) is 0 Å². The number of rotatable bonds is 3. The molecule has 1 saturated heterocycles. The molecule has 0 bridgehead atoms. The second-order valence-electron chi connectivity index (χ2n) is 3.77. The van der Waals surface area contributed by atoms with Crippen molar-refractivity contribution in [1.29, 1.82) is 0 Å². The molecule has 4 heteroatoms. The largest absolute Gasteiger partial charge is 0.352 e. The van der Waals surface area contributed by atoms with Crippen molar-refractivity contribution in [2.75, 3.05) is 6.54 Å². The Kier molecular flexibility index (Phi) is 3.95. The molecule has 2 atom stereocenters. The van der Waals surface area contributed by atoms with Gasteiger partial charge >= 0.3 is 6.03 Å². The highest BCUT2D eigenvalue weighted by atomic mass is 16.2. The van der Waals surface area contributed by atoms with Crippen molar-refractivity contribution in [3.05, 3.63) is 12.7 Å². The van der Waals surface area contributed by atoms with Crippen LogP contribution in [-0.4, -0.2) is 29.7 Å². The first-order valence-electron chi connectivity index (χ1n) is 5.09. The lowest BCUT2D eigenvalue weighted by Gasteiger charge is -2.38. The average Bonchev–Trinajstić information content (AvgIpc) is 2.15. The molecule has 80 valence electrons. The van der Waals surface area contributed by atoms with Crippen LogP contribution in [0.5, 0.6) is 0 Å². The monoisotopic (exact) mass is 197 g/mol. The van der Waals surface area contributed by atoms with Crippen LogP contribution in [0.1, 0.15) is 26.2 Å². The van der Waals surface area contributed by atoms with Crippen molar-refractivity contribution in [2.24, 2.45) is 5.73 Å². The zero-order valence-electron chi connectivity index (χ0n) is 8.70. The predicted octanol–water partition coefficient (Wildman–Crippen LogP) is 1.04.